The molecule has 0 aliphatic carbocycles. The molecule has 0 aliphatic heterocycles. The number of carbonyl (C=O) groups excluding carboxylic acids is 1. The first-order chi connectivity index (χ1) is 4.54. The highest BCUT2D eigenvalue weighted by Gasteiger charge is 2.21. The minimum atomic E-state index is -1.17. The first kappa shape index (κ1) is 8.70. The Bertz CT molecular complexity index is 192. The lowest BCUT2D eigenvalue weighted by atomic mass is 10.1. The van der Waals surface area contributed by atoms with E-state index in [1.165, 1.54) is 19.9 Å². The summed E-state index contributed by atoms with van der Waals surface area (Å²) < 4.78 is 4.62. The third kappa shape index (κ3) is 2.31. The Kier molecular flexibility index (Phi) is 2.63. The highest BCUT2D eigenvalue weighted by molar-refractivity contribution is 5.67. The number of nitrogens with zero attached hydrogens (tertiary/aromatic N) is 1. The fourth-order valence-electron chi connectivity index (χ4n) is 0.409. The smallest absolute Gasteiger partial charge is 0.304 e. The SMILES string of the molecule is C=CC(C)(C#N)OC(C)=O. The second kappa shape index (κ2) is 3.02. The molecule has 0 radical (unpaired) electrons. The van der Waals surface area contributed by atoms with E-state index >= 15 is 0 Å². The Hall–Kier alpha value is -1.30. The van der Waals surface area contributed by atoms with Crippen LogP contribution in [-0.4, -0.2) is 11.6 Å². The number of rotatable bonds is 2. The topological polar surface area (TPSA) is 50.1 Å². The van der Waals surface area contributed by atoms with E-state index in [2.05, 4.69) is 11.3 Å². The number of hydrogen-bond acceptors (Lipinski definition) is 3. The highest BCUT2D eigenvalue weighted by Crippen LogP contribution is 2.09. The van der Waals surface area contributed by atoms with E-state index in [4.69, 9.17) is 5.26 Å². The van der Waals surface area contributed by atoms with Crippen LogP contribution in [0.1, 0.15) is 13.8 Å². The van der Waals surface area contributed by atoms with Gasteiger partial charge < -0.3 is 4.74 Å². The van der Waals surface area contributed by atoms with Gasteiger partial charge in [-0.2, -0.15) is 5.26 Å². The molecule has 0 fully saturated rings. The monoisotopic (exact) mass is 139 g/mol. The molecule has 3 heteroatoms. The van der Waals surface area contributed by atoms with Gasteiger partial charge in [0.2, 0.25) is 5.60 Å². The molecule has 0 aliphatic rings. The van der Waals surface area contributed by atoms with E-state index in [0.717, 1.165) is 0 Å². The fraction of sp³-hybridized carbons (Fsp3) is 0.429. The van der Waals surface area contributed by atoms with Gasteiger partial charge in [-0.25, -0.2) is 0 Å². The number of nitriles is 1. The molecule has 1 unspecified atom stereocenters. The lowest BCUT2D eigenvalue weighted by Gasteiger charge is -2.15. The van der Waals surface area contributed by atoms with Gasteiger partial charge in [0.05, 0.1) is 0 Å². The molecule has 54 valence electrons. The average molecular weight is 139 g/mol. The molecule has 0 saturated carbocycles. The summed E-state index contributed by atoms with van der Waals surface area (Å²) in [6.07, 6.45) is 1.29. The van der Waals surface area contributed by atoms with Crippen molar-refractivity contribution in [2.75, 3.05) is 0 Å². The normalized spacial score (nSPS) is 14.5. The van der Waals surface area contributed by atoms with Crippen LogP contribution in [0.25, 0.3) is 0 Å². The van der Waals surface area contributed by atoms with Crippen LogP contribution >= 0.6 is 0 Å². The predicted octanol–water partition coefficient (Wildman–Crippen LogP) is 1.02. The highest BCUT2D eigenvalue weighted by atomic mass is 16.6. The van der Waals surface area contributed by atoms with Crippen molar-refractivity contribution in [3.8, 4) is 6.07 Å². The van der Waals surface area contributed by atoms with Crippen molar-refractivity contribution in [3.05, 3.63) is 12.7 Å². The standard InChI is InChI=1S/C7H9NO2/c1-4-7(3,5-8)10-6(2)9/h4H,1H2,2-3H3. The predicted molar refractivity (Wildman–Crippen MR) is 36.0 cm³/mol. The Morgan fingerprint density at radius 3 is 2.50 bits per heavy atom. The zero-order chi connectivity index (χ0) is 8.20. The Morgan fingerprint density at radius 1 is 1.90 bits per heavy atom. The maximum absolute atomic E-state index is 10.4. The lowest BCUT2D eigenvalue weighted by Crippen LogP contribution is -2.25. The Labute approximate surface area is 59.9 Å². The molecule has 0 aromatic carbocycles. The molecule has 0 amide bonds. The second-order valence-corrected chi connectivity index (χ2v) is 2.02. The molecule has 0 rings (SSSR count). The van der Waals surface area contributed by atoms with Crippen molar-refractivity contribution in [1.82, 2.24) is 0 Å². The van der Waals surface area contributed by atoms with Crippen LogP contribution in [0.2, 0.25) is 0 Å². The molecular weight excluding hydrogens is 130 g/mol. The lowest BCUT2D eigenvalue weighted by molar-refractivity contribution is -0.147. The second-order valence-electron chi connectivity index (χ2n) is 2.02. The molecule has 0 heterocycles. The van der Waals surface area contributed by atoms with E-state index in [1.54, 1.807) is 6.07 Å². The van der Waals surface area contributed by atoms with Crippen LogP contribution in [0.5, 0.6) is 0 Å². The van der Waals surface area contributed by atoms with Crippen LogP contribution in [-0.2, 0) is 9.53 Å². The van der Waals surface area contributed by atoms with E-state index in [1.807, 2.05) is 0 Å². The van der Waals surface area contributed by atoms with Crippen molar-refractivity contribution >= 4 is 5.97 Å². The van der Waals surface area contributed by atoms with Crippen LogP contribution in [0.4, 0.5) is 0 Å². The summed E-state index contributed by atoms with van der Waals surface area (Å²) in [6, 6.07) is 1.80. The van der Waals surface area contributed by atoms with Gasteiger partial charge in [0, 0.05) is 6.92 Å². The van der Waals surface area contributed by atoms with Crippen molar-refractivity contribution in [1.29, 1.82) is 5.26 Å². The largest absolute Gasteiger partial charge is 0.440 e. The zero-order valence-electron chi connectivity index (χ0n) is 6.05. The van der Waals surface area contributed by atoms with Gasteiger partial charge in [-0.3, -0.25) is 4.79 Å². The minimum Gasteiger partial charge on any atom is -0.440 e. The Balaban J connectivity index is 4.24. The Morgan fingerprint density at radius 2 is 2.40 bits per heavy atom. The summed E-state index contributed by atoms with van der Waals surface area (Å²) in [4.78, 5) is 10.4. The summed E-state index contributed by atoms with van der Waals surface area (Å²) >= 11 is 0. The van der Waals surface area contributed by atoms with Gasteiger partial charge in [0.1, 0.15) is 6.07 Å². The quantitative estimate of drug-likeness (QED) is 0.424. The summed E-state index contributed by atoms with van der Waals surface area (Å²) in [5, 5.41) is 8.44. The molecule has 0 aromatic heterocycles. The molecule has 0 N–H and O–H groups in total. The molecule has 0 saturated heterocycles. The molecule has 0 aromatic rings. The van der Waals surface area contributed by atoms with E-state index in [-0.39, 0.29) is 0 Å². The summed E-state index contributed by atoms with van der Waals surface area (Å²) in [7, 11) is 0. The summed E-state index contributed by atoms with van der Waals surface area (Å²) in [5.74, 6) is -0.482. The van der Waals surface area contributed by atoms with Crippen LogP contribution in [0, 0.1) is 11.3 Å². The molecule has 3 nitrogen and oxygen atoms in total. The molecule has 0 spiro atoms. The average Bonchev–Trinajstić information content (AvgIpc) is 1.87. The number of carbonyl (C=O) groups is 1. The molecule has 10 heavy (non-hydrogen) atoms. The van der Waals surface area contributed by atoms with Crippen LogP contribution < -0.4 is 0 Å². The van der Waals surface area contributed by atoms with Gasteiger partial charge in [-0.05, 0) is 13.0 Å². The molecule has 0 bridgehead atoms. The van der Waals surface area contributed by atoms with Gasteiger partial charge in [-0.15, -0.1) is 0 Å². The van der Waals surface area contributed by atoms with Crippen molar-refractivity contribution < 1.29 is 9.53 Å². The maximum Gasteiger partial charge on any atom is 0.304 e. The molecule has 1 atom stereocenters. The van der Waals surface area contributed by atoms with E-state index in [0.29, 0.717) is 0 Å². The van der Waals surface area contributed by atoms with Crippen LogP contribution in [0.3, 0.4) is 0 Å². The fourth-order valence-corrected chi connectivity index (χ4v) is 0.409. The third-order valence-corrected chi connectivity index (χ3v) is 0.967. The summed E-state index contributed by atoms with van der Waals surface area (Å²) in [6.45, 7) is 6.08. The van der Waals surface area contributed by atoms with Crippen molar-refractivity contribution in [2.24, 2.45) is 0 Å². The number of esters is 1. The van der Waals surface area contributed by atoms with Gasteiger partial charge >= 0.3 is 5.97 Å². The third-order valence-electron chi connectivity index (χ3n) is 0.967. The summed E-state index contributed by atoms with van der Waals surface area (Å²) in [5.41, 5.74) is -1.17. The number of hydrogen-bond donors (Lipinski definition) is 0. The van der Waals surface area contributed by atoms with Crippen molar-refractivity contribution in [3.63, 3.8) is 0 Å². The first-order valence-corrected chi connectivity index (χ1v) is 2.78. The first-order valence-electron chi connectivity index (χ1n) is 2.78. The van der Waals surface area contributed by atoms with E-state index < -0.39 is 11.6 Å². The van der Waals surface area contributed by atoms with Gasteiger partial charge in [0.25, 0.3) is 0 Å². The maximum atomic E-state index is 10.4. The molecular formula is C7H9NO2. The zero-order valence-corrected chi connectivity index (χ0v) is 6.05. The van der Waals surface area contributed by atoms with Gasteiger partial charge in [0.15, 0.2) is 0 Å². The minimum absolute atomic E-state index is 0.482. The van der Waals surface area contributed by atoms with Crippen LogP contribution in [0.15, 0.2) is 12.7 Å². The number of ether oxygens (including phenoxy) is 1. The van der Waals surface area contributed by atoms with E-state index in [9.17, 15) is 4.79 Å². The van der Waals surface area contributed by atoms with Gasteiger partial charge in [-0.1, -0.05) is 6.58 Å². The van der Waals surface area contributed by atoms with Crippen molar-refractivity contribution in [2.45, 2.75) is 19.4 Å².